The zero-order valence-corrected chi connectivity index (χ0v) is 8.77. The minimum Gasteiger partial charge on any atom is -0.465 e. The summed E-state index contributed by atoms with van der Waals surface area (Å²) in [5.74, 6) is -0.354. The van der Waals surface area contributed by atoms with Gasteiger partial charge in [-0.3, -0.25) is 0 Å². The van der Waals surface area contributed by atoms with Crippen LogP contribution in [0.5, 0.6) is 0 Å². The van der Waals surface area contributed by atoms with Crippen molar-refractivity contribution < 1.29 is 9.53 Å². The highest BCUT2D eigenvalue weighted by Gasteiger charge is 2.15. The molecule has 1 aliphatic carbocycles. The molecule has 0 fully saturated rings. The smallest absolute Gasteiger partial charge is 0.339 e. The Labute approximate surface area is 80.2 Å². The van der Waals surface area contributed by atoms with Gasteiger partial charge in [0.1, 0.15) is 0 Å². The summed E-state index contributed by atoms with van der Waals surface area (Å²) in [5, 5.41) is 0. The zero-order valence-electron chi connectivity index (χ0n) is 7.62. The van der Waals surface area contributed by atoms with Gasteiger partial charge in [0.15, 0.2) is 0 Å². The summed E-state index contributed by atoms with van der Waals surface area (Å²) >= 11 is 0. The van der Waals surface area contributed by atoms with Gasteiger partial charge in [-0.25, -0.2) is 4.79 Å². The van der Waals surface area contributed by atoms with E-state index in [2.05, 4.69) is 14.0 Å². The summed E-state index contributed by atoms with van der Waals surface area (Å²) in [6.45, 7) is 0. The van der Waals surface area contributed by atoms with Gasteiger partial charge in [-0.2, -0.15) is 0 Å². The Bertz CT molecular complexity index is 271. The van der Waals surface area contributed by atoms with E-state index in [1.807, 2.05) is 12.2 Å². The minimum atomic E-state index is -0.354. The number of esters is 1. The van der Waals surface area contributed by atoms with Crippen LogP contribution in [-0.2, 0) is 9.53 Å². The third-order valence-electron chi connectivity index (χ3n) is 1.98. The molecule has 0 aromatic rings. The van der Waals surface area contributed by atoms with Crippen LogP contribution in [0.15, 0.2) is 23.4 Å². The van der Waals surface area contributed by atoms with Crippen molar-refractivity contribution in [1.29, 1.82) is 0 Å². The lowest BCUT2D eigenvalue weighted by Crippen LogP contribution is -2.12. The number of hydrogen-bond donors (Lipinski definition) is 1. The van der Waals surface area contributed by atoms with Crippen LogP contribution in [-0.4, -0.2) is 18.7 Å². The second-order valence-corrected chi connectivity index (χ2v) is 3.94. The molecule has 0 heterocycles. The fraction of sp³-hybridized carbons (Fsp3) is 0.444. The van der Waals surface area contributed by atoms with Crippen LogP contribution >= 0.6 is 9.24 Å². The van der Waals surface area contributed by atoms with Crippen molar-refractivity contribution in [3.05, 3.63) is 23.4 Å². The number of nitrogens with two attached hydrogens (primary N) is 1. The maximum Gasteiger partial charge on any atom is 0.339 e. The average molecular weight is 199 g/mol. The van der Waals surface area contributed by atoms with Crippen LogP contribution in [0.4, 0.5) is 0 Å². The number of carbonyl (C=O) groups excluding carboxylic acids is 1. The third kappa shape index (κ3) is 2.56. The lowest BCUT2D eigenvalue weighted by molar-refractivity contribution is -0.135. The molecule has 0 aromatic heterocycles. The Hall–Kier alpha value is -0.820. The first-order valence-corrected chi connectivity index (χ1v) is 4.82. The van der Waals surface area contributed by atoms with E-state index in [1.54, 1.807) is 0 Å². The Morgan fingerprint density at radius 3 is 2.85 bits per heavy atom. The number of allylic oxidation sites excluding steroid dienone is 2. The van der Waals surface area contributed by atoms with E-state index >= 15 is 0 Å². The molecule has 0 bridgehead atoms. The molecule has 0 saturated carbocycles. The molecule has 1 unspecified atom stereocenters. The maximum absolute atomic E-state index is 11.2. The van der Waals surface area contributed by atoms with Gasteiger partial charge in [-0.15, -0.1) is 9.24 Å². The molecule has 2 N–H and O–H groups in total. The SMILES string of the molecule is COC(=O)C1=CC[C@@H](P)CC=C1N. The van der Waals surface area contributed by atoms with Crippen LogP contribution in [0.25, 0.3) is 0 Å². The van der Waals surface area contributed by atoms with Gasteiger partial charge in [0.2, 0.25) is 0 Å². The van der Waals surface area contributed by atoms with Crippen molar-refractivity contribution in [1.82, 2.24) is 0 Å². The maximum atomic E-state index is 11.2. The number of ether oxygens (including phenoxy) is 1. The van der Waals surface area contributed by atoms with Crippen molar-refractivity contribution in [3.63, 3.8) is 0 Å². The molecule has 0 amide bonds. The second-order valence-electron chi connectivity index (χ2n) is 3.00. The summed E-state index contributed by atoms with van der Waals surface area (Å²) in [7, 11) is 4.08. The molecule has 3 nitrogen and oxygen atoms in total. The largest absolute Gasteiger partial charge is 0.465 e. The molecule has 13 heavy (non-hydrogen) atoms. The van der Waals surface area contributed by atoms with E-state index in [4.69, 9.17) is 5.73 Å². The van der Waals surface area contributed by atoms with Crippen molar-refractivity contribution in [3.8, 4) is 0 Å². The molecule has 4 heteroatoms. The molecule has 1 rings (SSSR count). The van der Waals surface area contributed by atoms with Crippen LogP contribution in [0.1, 0.15) is 12.8 Å². The lowest BCUT2D eigenvalue weighted by atomic mass is 10.2. The van der Waals surface area contributed by atoms with Gasteiger partial charge in [0.05, 0.1) is 12.7 Å². The topological polar surface area (TPSA) is 52.3 Å². The van der Waals surface area contributed by atoms with Crippen molar-refractivity contribution in [2.45, 2.75) is 18.5 Å². The highest BCUT2D eigenvalue weighted by molar-refractivity contribution is 7.17. The fourth-order valence-corrected chi connectivity index (χ4v) is 1.45. The summed E-state index contributed by atoms with van der Waals surface area (Å²) in [4.78, 5) is 11.2. The standard InChI is InChI=1S/C9H14NO2P/c1-12-9(11)7-4-2-6(13)3-5-8(7)10/h4-6H,2-3,10,13H2,1H3/t6-/m1/s1. The first-order valence-electron chi connectivity index (χ1n) is 4.15. The molecule has 2 atom stereocenters. The molecule has 0 aliphatic heterocycles. The van der Waals surface area contributed by atoms with Crippen LogP contribution < -0.4 is 5.73 Å². The third-order valence-corrected chi connectivity index (χ3v) is 2.53. The quantitative estimate of drug-likeness (QED) is 0.505. The van der Waals surface area contributed by atoms with E-state index in [1.165, 1.54) is 7.11 Å². The first kappa shape index (κ1) is 10.3. The second kappa shape index (κ2) is 4.43. The molecular weight excluding hydrogens is 185 g/mol. The lowest BCUT2D eigenvalue weighted by Gasteiger charge is -2.03. The van der Waals surface area contributed by atoms with Crippen molar-refractivity contribution >= 4 is 15.2 Å². The van der Waals surface area contributed by atoms with Gasteiger partial charge >= 0.3 is 5.97 Å². The van der Waals surface area contributed by atoms with Crippen LogP contribution in [0.3, 0.4) is 0 Å². The Kier molecular flexibility index (Phi) is 3.49. The van der Waals surface area contributed by atoms with Crippen molar-refractivity contribution in [2.75, 3.05) is 7.11 Å². The van der Waals surface area contributed by atoms with Gasteiger partial charge in [-0.1, -0.05) is 12.2 Å². The average Bonchev–Trinajstić information content (AvgIpc) is 2.28. The highest BCUT2D eigenvalue weighted by atomic mass is 31.0. The van der Waals surface area contributed by atoms with Gasteiger partial charge in [0, 0.05) is 5.70 Å². The first-order chi connectivity index (χ1) is 6.15. The number of rotatable bonds is 1. The number of hydrogen-bond acceptors (Lipinski definition) is 3. The summed E-state index contributed by atoms with van der Waals surface area (Å²) < 4.78 is 4.62. The summed E-state index contributed by atoms with van der Waals surface area (Å²) in [5.41, 5.74) is 7.18. The monoisotopic (exact) mass is 199 g/mol. The predicted molar refractivity (Wildman–Crippen MR) is 55.1 cm³/mol. The molecule has 0 aromatic carbocycles. The molecule has 72 valence electrons. The molecule has 1 aliphatic rings. The minimum absolute atomic E-state index is 0.354. The molecule has 0 spiro atoms. The van der Waals surface area contributed by atoms with E-state index in [0.29, 0.717) is 16.9 Å². The van der Waals surface area contributed by atoms with Crippen LogP contribution in [0, 0.1) is 0 Å². The zero-order chi connectivity index (χ0) is 9.84. The number of methoxy groups -OCH3 is 1. The van der Waals surface area contributed by atoms with E-state index in [0.717, 1.165) is 12.8 Å². The Morgan fingerprint density at radius 2 is 2.23 bits per heavy atom. The summed E-state index contributed by atoms with van der Waals surface area (Å²) in [6, 6.07) is 0. The molecule has 0 radical (unpaired) electrons. The van der Waals surface area contributed by atoms with Gasteiger partial charge in [-0.05, 0) is 18.5 Å². The van der Waals surface area contributed by atoms with E-state index in [9.17, 15) is 4.79 Å². The highest BCUT2D eigenvalue weighted by Crippen LogP contribution is 2.20. The van der Waals surface area contributed by atoms with Gasteiger partial charge in [0.25, 0.3) is 0 Å². The summed E-state index contributed by atoms with van der Waals surface area (Å²) in [6.07, 6.45) is 5.43. The molecule has 0 saturated heterocycles. The van der Waals surface area contributed by atoms with Crippen molar-refractivity contribution in [2.24, 2.45) is 5.73 Å². The molecular formula is C9H14NO2P. The normalized spacial score (nSPS) is 22.8. The van der Waals surface area contributed by atoms with E-state index < -0.39 is 0 Å². The Morgan fingerprint density at radius 1 is 1.62 bits per heavy atom. The fourth-order valence-electron chi connectivity index (χ4n) is 1.18. The van der Waals surface area contributed by atoms with Crippen LogP contribution in [0.2, 0.25) is 0 Å². The Balaban J connectivity index is 2.87. The predicted octanol–water partition coefficient (Wildman–Crippen LogP) is 0.966. The van der Waals surface area contributed by atoms with E-state index in [-0.39, 0.29) is 5.97 Å². The number of carbonyl (C=O) groups is 1. The van der Waals surface area contributed by atoms with Gasteiger partial charge < -0.3 is 10.5 Å².